The summed E-state index contributed by atoms with van der Waals surface area (Å²) in [5.74, 6) is 6.48. The van der Waals surface area contributed by atoms with E-state index < -0.39 is 0 Å². The quantitative estimate of drug-likeness (QED) is 0.497. The van der Waals surface area contributed by atoms with Crippen molar-refractivity contribution in [3.05, 3.63) is 58.6 Å². The van der Waals surface area contributed by atoms with E-state index in [1.165, 1.54) is 6.08 Å². The summed E-state index contributed by atoms with van der Waals surface area (Å²) in [5.41, 5.74) is 7.69. The molecule has 10 heteroatoms. The Hall–Kier alpha value is -4.26. The van der Waals surface area contributed by atoms with Gasteiger partial charge >= 0.3 is 0 Å². The number of likely N-dealkylation sites (tertiary alicyclic amines) is 2. The minimum atomic E-state index is -0.341. The van der Waals surface area contributed by atoms with E-state index in [2.05, 4.69) is 33.5 Å². The third-order valence-corrected chi connectivity index (χ3v) is 6.95. The van der Waals surface area contributed by atoms with Crippen LogP contribution in [-0.2, 0) is 9.53 Å². The highest BCUT2D eigenvalue weighted by Crippen LogP contribution is 2.30. The highest BCUT2D eigenvalue weighted by atomic mass is 16.5. The summed E-state index contributed by atoms with van der Waals surface area (Å²) in [6, 6.07) is 0.546. The van der Waals surface area contributed by atoms with E-state index in [0.29, 0.717) is 42.0 Å². The highest BCUT2D eigenvalue weighted by Gasteiger charge is 2.34. The van der Waals surface area contributed by atoms with Crippen LogP contribution < -0.4 is 11.3 Å². The maximum atomic E-state index is 12.7. The molecule has 5 heterocycles. The van der Waals surface area contributed by atoms with Gasteiger partial charge in [-0.25, -0.2) is 10.1 Å². The minimum Gasteiger partial charge on any atom is -0.455 e. The molecular formula is C25H25N7O3. The summed E-state index contributed by atoms with van der Waals surface area (Å²) >= 11 is 0. The van der Waals surface area contributed by atoms with Gasteiger partial charge in [0, 0.05) is 37.9 Å². The number of aromatic nitrogens is 3. The predicted octanol–water partition coefficient (Wildman–Crippen LogP) is 0.943. The van der Waals surface area contributed by atoms with Crippen LogP contribution in [0.3, 0.4) is 0 Å². The number of carbonyl (C=O) groups excluding carboxylic acids is 1. The number of fused-ring (bicyclic) bond motifs is 2. The van der Waals surface area contributed by atoms with Gasteiger partial charge in [-0.3, -0.25) is 9.59 Å². The van der Waals surface area contributed by atoms with Crippen LogP contribution in [0.15, 0.2) is 52.4 Å². The van der Waals surface area contributed by atoms with Gasteiger partial charge in [0.1, 0.15) is 17.7 Å². The van der Waals surface area contributed by atoms with Crippen molar-refractivity contribution < 1.29 is 9.53 Å². The fourth-order valence-electron chi connectivity index (χ4n) is 4.95. The number of nitrogens with two attached hydrogens (primary N) is 1. The second kappa shape index (κ2) is 8.20. The average molecular weight is 472 g/mol. The molecule has 2 unspecified atom stereocenters. The van der Waals surface area contributed by atoms with Crippen molar-refractivity contribution in [2.75, 3.05) is 31.9 Å². The van der Waals surface area contributed by atoms with Gasteiger partial charge in [0.15, 0.2) is 5.82 Å². The number of nitrogens with one attached hydrogen (secondary N) is 1. The van der Waals surface area contributed by atoms with Crippen molar-refractivity contribution in [2.24, 2.45) is 4.99 Å². The summed E-state index contributed by atoms with van der Waals surface area (Å²) in [5, 5.41) is 6.94. The number of hydrogen-bond donors (Lipinski definition) is 2. The number of allylic oxidation sites excluding steroid dienone is 2. The van der Waals surface area contributed by atoms with Crippen molar-refractivity contribution in [1.82, 2.24) is 24.6 Å². The number of carbonyl (C=O) groups is 1. The van der Waals surface area contributed by atoms with Gasteiger partial charge in [-0.2, -0.15) is 5.10 Å². The predicted molar refractivity (Wildman–Crippen MR) is 132 cm³/mol. The number of ether oxygens (including phenoxy) is 1. The molecule has 0 saturated carbocycles. The number of hydrogen-bond acceptors (Lipinski definition) is 7. The molecule has 3 N–H and O–H groups in total. The van der Waals surface area contributed by atoms with Gasteiger partial charge in [0.25, 0.3) is 11.6 Å². The molecule has 1 amide bonds. The number of H-pyrrole nitrogens is 1. The number of nitrogens with zero attached hydrogens (tertiary/aromatic N) is 5. The SMILES string of the molecule is C=CC(=O)N1CC[C@H](n2cc(C#CC3=CC4N=C(N5CCC5)OC4C=C3)c3c(N)n[nH]c(=O)c32)C1. The van der Waals surface area contributed by atoms with Crippen LogP contribution in [0.4, 0.5) is 5.82 Å². The molecule has 35 heavy (non-hydrogen) atoms. The Labute approximate surface area is 201 Å². The first kappa shape index (κ1) is 21.3. The van der Waals surface area contributed by atoms with Crippen LogP contribution in [0.25, 0.3) is 10.9 Å². The molecule has 0 radical (unpaired) electrons. The lowest BCUT2D eigenvalue weighted by Gasteiger charge is -2.31. The van der Waals surface area contributed by atoms with E-state index in [9.17, 15) is 9.59 Å². The van der Waals surface area contributed by atoms with Crippen LogP contribution in [-0.4, -0.2) is 74.8 Å². The summed E-state index contributed by atoms with van der Waals surface area (Å²) in [6.07, 6.45) is 10.9. The van der Waals surface area contributed by atoms with Gasteiger partial charge in [-0.05, 0) is 37.1 Å². The molecule has 4 aliphatic rings. The Bertz CT molecular complexity index is 1450. The Morgan fingerprint density at radius 2 is 2.17 bits per heavy atom. The van der Waals surface area contributed by atoms with Crippen molar-refractivity contribution in [3.8, 4) is 11.8 Å². The van der Waals surface area contributed by atoms with Crippen LogP contribution in [0.5, 0.6) is 0 Å². The smallest absolute Gasteiger partial charge is 0.288 e. The summed E-state index contributed by atoms with van der Waals surface area (Å²) in [4.78, 5) is 33.4. The zero-order chi connectivity index (χ0) is 24.1. The summed E-state index contributed by atoms with van der Waals surface area (Å²) in [7, 11) is 0. The van der Waals surface area contributed by atoms with E-state index in [0.717, 1.165) is 25.1 Å². The summed E-state index contributed by atoms with van der Waals surface area (Å²) < 4.78 is 7.83. The van der Waals surface area contributed by atoms with E-state index in [-0.39, 0.29) is 35.5 Å². The van der Waals surface area contributed by atoms with E-state index >= 15 is 0 Å². The van der Waals surface area contributed by atoms with E-state index in [1.54, 1.807) is 4.90 Å². The Balaban J connectivity index is 1.33. The molecule has 6 rings (SSSR count). The van der Waals surface area contributed by atoms with Gasteiger partial charge in [-0.15, -0.1) is 0 Å². The Morgan fingerprint density at radius 3 is 2.94 bits per heavy atom. The van der Waals surface area contributed by atoms with Crippen LogP contribution in [0.1, 0.15) is 24.4 Å². The molecule has 1 aliphatic carbocycles. The third kappa shape index (κ3) is 3.60. The fraction of sp³-hybridized carbons (Fsp3) is 0.360. The lowest BCUT2D eigenvalue weighted by Crippen LogP contribution is -2.42. The zero-order valence-corrected chi connectivity index (χ0v) is 19.1. The largest absolute Gasteiger partial charge is 0.455 e. The standard InChI is InChI=1S/C25H25N7O3/c1-2-20(33)31-11-8-17(14-31)32-13-16(21-22(32)24(34)29-28-23(21)26)6-4-15-5-7-19-18(12-15)27-25(35-19)30-9-3-10-30/h2,5,7,12-13,17-19H,1,3,8-11,14H2,(H2,26,28)(H,29,34)/t17-,18?,19?/m0/s1. The molecule has 2 aromatic rings. The van der Waals surface area contributed by atoms with Crippen molar-refractivity contribution in [3.63, 3.8) is 0 Å². The average Bonchev–Trinajstić information content (AvgIpc) is 3.55. The van der Waals surface area contributed by atoms with Crippen molar-refractivity contribution in [1.29, 1.82) is 0 Å². The first-order valence-electron chi connectivity index (χ1n) is 11.7. The number of amides is 1. The number of amidine groups is 1. The van der Waals surface area contributed by atoms with Crippen molar-refractivity contribution in [2.45, 2.75) is 31.0 Å². The monoisotopic (exact) mass is 471 g/mol. The van der Waals surface area contributed by atoms with Crippen LogP contribution in [0.2, 0.25) is 0 Å². The lowest BCUT2D eigenvalue weighted by atomic mass is 10.0. The minimum absolute atomic E-state index is 0.0701. The first-order chi connectivity index (χ1) is 17.0. The first-order valence-corrected chi connectivity index (χ1v) is 11.7. The van der Waals surface area contributed by atoms with E-state index in [4.69, 9.17) is 15.5 Å². The second-order valence-electron chi connectivity index (χ2n) is 9.10. The molecule has 0 aromatic carbocycles. The van der Waals surface area contributed by atoms with Gasteiger partial charge in [-0.1, -0.05) is 18.4 Å². The number of rotatable bonds is 2. The Kier molecular flexibility index (Phi) is 4.99. The molecule has 10 nitrogen and oxygen atoms in total. The van der Waals surface area contributed by atoms with Gasteiger partial charge in [0.05, 0.1) is 17.0 Å². The zero-order valence-electron chi connectivity index (χ0n) is 19.1. The summed E-state index contributed by atoms with van der Waals surface area (Å²) in [6.45, 7) is 6.61. The van der Waals surface area contributed by atoms with E-state index in [1.807, 2.05) is 29.0 Å². The van der Waals surface area contributed by atoms with Crippen LogP contribution in [0, 0.1) is 11.8 Å². The molecule has 3 aliphatic heterocycles. The molecule has 2 fully saturated rings. The van der Waals surface area contributed by atoms with Gasteiger partial charge in [0.2, 0.25) is 5.91 Å². The second-order valence-corrected chi connectivity index (χ2v) is 9.10. The van der Waals surface area contributed by atoms with Gasteiger partial charge < -0.3 is 24.8 Å². The molecule has 0 spiro atoms. The van der Waals surface area contributed by atoms with Crippen molar-refractivity contribution >= 4 is 28.6 Å². The number of aromatic amines is 1. The lowest BCUT2D eigenvalue weighted by molar-refractivity contribution is -0.125. The maximum absolute atomic E-state index is 12.7. The number of nitrogen functional groups attached to an aromatic ring is 1. The molecule has 0 bridgehead atoms. The van der Waals surface area contributed by atoms with Crippen LogP contribution >= 0.6 is 0 Å². The maximum Gasteiger partial charge on any atom is 0.288 e. The molecule has 3 atom stereocenters. The third-order valence-electron chi connectivity index (χ3n) is 6.95. The molecule has 2 saturated heterocycles. The highest BCUT2D eigenvalue weighted by molar-refractivity contribution is 5.94. The molecule has 2 aromatic heterocycles. The molecule has 178 valence electrons. The topological polar surface area (TPSA) is 122 Å². The molecular weight excluding hydrogens is 446 g/mol. The fourth-order valence-corrected chi connectivity index (χ4v) is 4.95. The number of aliphatic imine (C=N–C) groups is 1. The Morgan fingerprint density at radius 1 is 1.31 bits per heavy atom. The normalized spacial score (nSPS) is 24.7. The number of anilines is 1.